The summed E-state index contributed by atoms with van der Waals surface area (Å²) in [5, 5.41) is 14.4. The minimum absolute atomic E-state index is 0.106. The van der Waals surface area contributed by atoms with Crippen LogP contribution >= 0.6 is 0 Å². The average molecular weight is 289 g/mol. The molecule has 0 spiro atoms. The monoisotopic (exact) mass is 289 g/mol. The molecule has 0 unspecified atom stereocenters. The third kappa shape index (κ3) is 2.87. The summed E-state index contributed by atoms with van der Waals surface area (Å²) in [5.41, 5.74) is 1.14. The molecule has 1 aromatic heterocycles. The van der Waals surface area contributed by atoms with Crippen molar-refractivity contribution in [2.24, 2.45) is 0 Å². The van der Waals surface area contributed by atoms with Crippen molar-refractivity contribution >= 4 is 5.69 Å². The molecule has 7 nitrogen and oxygen atoms in total. The Hall–Kier alpha value is -2.41. The fraction of sp³-hybridized carbons (Fsp3) is 0.357. The summed E-state index contributed by atoms with van der Waals surface area (Å²) in [6.45, 7) is 0.630. The highest BCUT2D eigenvalue weighted by molar-refractivity contribution is 5.70. The third-order valence-corrected chi connectivity index (χ3v) is 3.33. The number of nitrogens with zero attached hydrogens (tertiary/aromatic N) is 2. The third-order valence-electron chi connectivity index (χ3n) is 3.33. The zero-order chi connectivity index (χ0) is 14.8. The van der Waals surface area contributed by atoms with Crippen LogP contribution in [0.3, 0.4) is 0 Å². The molecule has 0 atom stereocenters. The summed E-state index contributed by atoms with van der Waals surface area (Å²) >= 11 is 0. The van der Waals surface area contributed by atoms with Crippen LogP contribution in [0.1, 0.15) is 18.5 Å². The van der Waals surface area contributed by atoms with E-state index in [0.717, 1.165) is 5.69 Å². The molecule has 0 aliphatic heterocycles. The van der Waals surface area contributed by atoms with E-state index in [4.69, 9.17) is 9.15 Å². The van der Waals surface area contributed by atoms with E-state index in [1.807, 2.05) is 0 Å². The second-order valence-corrected chi connectivity index (χ2v) is 4.91. The number of methoxy groups -OCH3 is 1. The highest BCUT2D eigenvalue weighted by Crippen LogP contribution is 2.37. The Labute approximate surface area is 121 Å². The Morgan fingerprint density at radius 1 is 1.52 bits per heavy atom. The average Bonchev–Trinajstić information content (AvgIpc) is 3.21. The number of aromatic nitrogens is 1. The lowest BCUT2D eigenvalue weighted by Crippen LogP contribution is -2.15. The molecule has 1 N–H and O–H groups in total. The molecule has 0 radical (unpaired) electrons. The van der Waals surface area contributed by atoms with E-state index in [2.05, 4.69) is 10.3 Å². The van der Waals surface area contributed by atoms with E-state index < -0.39 is 4.92 Å². The minimum atomic E-state index is -0.485. The van der Waals surface area contributed by atoms with Crippen molar-refractivity contribution in [3.05, 3.63) is 40.3 Å². The van der Waals surface area contributed by atoms with Gasteiger partial charge in [0.1, 0.15) is 6.26 Å². The van der Waals surface area contributed by atoms with Crippen LogP contribution in [0.2, 0.25) is 0 Å². The van der Waals surface area contributed by atoms with Gasteiger partial charge in [-0.05, 0) is 18.9 Å². The van der Waals surface area contributed by atoms with Crippen LogP contribution in [0, 0.1) is 10.1 Å². The van der Waals surface area contributed by atoms with E-state index in [9.17, 15) is 10.1 Å². The van der Waals surface area contributed by atoms with Crippen LogP contribution in [-0.4, -0.2) is 23.1 Å². The molecule has 3 rings (SSSR count). The smallest absolute Gasteiger partial charge is 0.311 e. The largest absolute Gasteiger partial charge is 0.490 e. The van der Waals surface area contributed by atoms with Gasteiger partial charge in [-0.15, -0.1) is 0 Å². The van der Waals surface area contributed by atoms with Gasteiger partial charge >= 0.3 is 5.69 Å². The first-order valence-electron chi connectivity index (χ1n) is 6.68. The Bertz CT molecular complexity index is 664. The van der Waals surface area contributed by atoms with E-state index >= 15 is 0 Å². The molecule has 1 aromatic carbocycles. The zero-order valence-corrected chi connectivity index (χ0v) is 11.5. The number of nitro groups is 1. The zero-order valence-electron chi connectivity index (χ0n) is 11.5. The van der Waals surface area contributed by atoms with Gasteiger partial charge in [-0.1, -0.05) is 6.07 Å². The lowest BCUT2D eigenvalue weighted by atomic mass is 10.1. The van der Waals surface area contributed by atoms with Gasteiger partial charge in [0.2, 0.25) is 11.6 Å². The molecule has 0 amide bonds. The highest BCUT2D eigenvalue weighted by Gasteiger charge is 2.23. The van der Waals surface area contributed by atoms with Crippen molar-refractivity contribution in [1.29, 1.82) is 0 Å². The number of ether oxygens (including phenoxy) is 1. The van der Waals surface area contributed by atoms with Gasteiger partial charge in [-0.25, -0.2) is 4.98 Å². The summed E-state index contributed by atoms with van der Waals surface area (Å²) in [4.78, 5) is 14.9. The van der Waals surface area contributed by atoms with E-state index in [0.29, 0.717) is 24.0 Å². The van der Waals surface area contributed by atoms with Crippen molar-refractivity contribution in [1.82, 2.24) is 10.3 Å². The fourth-order valence-corrected chi connectivity index (χ4v) is 2.10. The van der Waals surface area contributed by atoms with Crippen molar-refractivity contribution in [2.45, 2.75) is 25.4 Å². The molecular formula is C14H15N3O4. The van der Waals surface area contributed by atoms with E-state index in [-0.39, 0.29) is 11.4 Å². The maximum atomic E-state index is 11.0. The molecule has 21 heavy (non-hydrogen) atoms. The number of hydrogen-bond donors (Lipinski definition) is 1. The number of para-hydroxylation sites is 1. The summed E-state index contributed by atoms with van der Waals surface area (Å²) in [6, 6.07) is 5.25. The molecule has 2 aromatic rings. The Morgan fingerprint density at radius 2 is 2.33 bits per heavy atom. The first-order chi connectivity index (χ1) is 10.2. The van der Waals surface area contributed by atoms with E-state index in [1.54, 1.807) is 18.4 Å². The highest BCUT2D eigenvalue weighted by atomic mass is 16.6. The molecule has 7 heteroatoms. The quantitative estimate of drug-likeness (QED) is 0.649. The number of nitro benzene ring substituents is 1. The maximum Gasteiger partial charge on any atom is 0.311 e. The summed E-state index contributed by atoms with van der Waals surface area (Å²) in [7, 11) is 1.39. The van der Waals surface area contributed by atoms with Crippen LogP contribution < -0.4 is 10.1 Å². The Balaban J connectivity index is 1.88. The lowest BCUT2D eigenvalue weighted by Gasteiger charge is -2.05. The van der Waals surface area contributed by atoms with Crippen molar-refractivity contribution in [3.63, 3.8) is 0 Å². The normalized spacial score (nSPS) is 14.1. The van der Waals surface area contributed by atoms with Gasteiger partial charge in [-0.3, -0.25) is 10.1 Å². The van der Waals surface area contributed by atoms with Gasteiger partial charge in [0.25, 0.3) is 0 Å². The molecule has 1 saturated carbocycles. The first kappa shape index (κ1) is 13.6. The second-order valence-electron chi connectivity index (χ2n) is 4.91. The van der Waals surface area contributed by atoms with Crippen molar-refractivity contribution in [2.75, 3.05) is 7.11 Å². The number of rotatable bonds is 6. The molecular weight excluding hydrogens is 274 g/mol. The van der Waals surface area contributed by atoms with Gasteiger partial charge in [0.05, 0.1) is 23.3 Å². The Morgan fingerprint density at radius 3 is 3.00 bits per heavy atom. The number of nitrogens with one attached hydrogen (secondary N) is 1. The van der Waals surface area contributed by atoms with Crippen molar-refractivity contribution < 1.29 is 14.1 Å². The van der Waals surface area contributed by atoms with Crippen LogP contribution in [0.15, 0.2) is 28.9 Å². The fourth-order valence-electron chi connectivity index (χ4n) is 2.10. The molecule has 1 aliphatic carbocycles. The molecule has 0 saturated heterocycles. The Kier molecular flexibility index (Phi) is 3.57. The van der Waals surface area contributed by atoms with Gasteiger partial charge < -0.3 is 14.5 Å². The number of oxazole rings is 1. The van der Waals surface area contributed by atoms with Gasteiger partial charge in [-0.2, -0.15) is 0 Å². The van der Waals surface area contributed by atoms with E-state index in [1.165, 1.54) is 26.0 Å². The predicted octanol–water partition coefficient (Wildman–Crippen LogP) is 2.51. The van der Waals surface area contributed by atoms with Crippen LogP contribution in [0.4, 0.5) is 5.69 Å². The molecule has 1 heterocycles. The minimum Gasteiger partial charge on any atom is -0.490 e. The predicted molar refractivity (Wildman–Crippen MR) is 75.0 cm³/mol. The van der Waals surface area contributed by atoms with Crippen LogP contribution in [0.5, 0.6) is 5.75 Å². The number of hydrogen-bond acceptors (Lipinski definition) is 6. The molecule has 0 bridgehead atoms. The van der Waals surface area contributed by atoms with Crippen molar-refractivity contribution in [3.8, 4) is 17.2 Å². The first-order valence-corrected chi connectivity index (χ1v) is 6.68. The molecule has 1 fully saturated rings. The van der Waals surface area contributed by atoms with Crippen LogP contribution in [0.25, 0.3) is 11.5 Å². The molecule has 1 aliphatic rings. The number of benzene rings is 1. The topological polar surface area (TPSA) is 90.4 Å². The summed E-state index contributed by atoms with van der Waals surface area (Å²) in [6.07, 6.45) is 3.95. The van der Waals surface area contributed by atoms with Crippen LogP contribution in [-0.2, 0) is 6.54 Å². The standard InChI is InChI=1S/C14H15N3O4/c1-20-13-11(3-2-4-12(13)17(18)19)14-16-10(8-21-14)7-15-9-5-6-9/h2-4,8-9,15H,5-7H2,1H3. The summed E-state index contributed by atoms with van der Waals surface area (Å²) < 4.78 is 10.6. The second kappa shape index (κ2) is 5.53. The lowest BCUT2D eigenvalue weighted by molar-refractivity contribution is -0.385. The summed E-state index contributed by atoms with van der Waals surface area (Å²) in [5.74, 6) is 0.481. The maximum absolute atomic E-state index is 11.0. The van der Waals surface area contributed by atoms with Gasteiger partial charge in [0.15, 0.2) is 0 Å². The molecule has 110 valence electrons. The SMILES string of the molecule is COc1c(-c2nc(CNC3CC3)co2)cccc1[N+](=O)[O-]. The van der Waals surface area contributed by atoms with Gasteiger partial charge in [0, 0.05) is 18.7 Å².